The zero-order chi connectivity index (χ0) is 19.4. The first-order valence-corrected chi connectivity index (χ1v) is 9.27. The van der Waals surface area contributed by atoms with E-state index in [1.807, 2.05) is 13.8 Å². The minimum absolute atomic E-state index is 0.204. The molecule has 0 aliphatic carbocycles. The molecule has 7 heteroatoms. The Morgan fingerprint density at radius 2 is 1.96 bits per heavy atom. The number of ether oxygens (including phenoxy) is 2. The van der Waals surface area contributed by atoms with Gasteiger partial charge >= 0.3 is 11.9 Å². The smallest absolute Gasteiger partial charge is 0.341 e. The number of fused-ring (bicyclic) bond motifs is 1. The summed E-state index contributed by atoms with van der Waals surface area (Å²) in [6.45, 7) is 8.84. The molecule has 0 unspecified atom stereocenters. The van der Waals surface area contributed by atoms with Crippen molar-refractivity contribution in [2.45, 2.75) is 26.9 Å². The summed E-state index contributed by atoms with van der Waals surface area (Å²) in [5, 5.41) is 4.06. The number of pyridine rings is 1. The highest BCUT2D eigenvalue weighted by Gasteiger charge is 2.23. The van der Waals surface area contributed by atoms with Crippen LogP contribution >= 0.6 is 0 Å². The van der Waals surface area contributed by atoms with E-state index >= 15 is 0 Å². The highest BCUT2D eigenvalue weighted by Crippen LogP contribution is 2.31. The number of aromatic nitrogens is 1. The number of anilines is 1. The van der Waals surface area contributed by atoms with Crippen LogP contribution in [0.2, 0.25) is 0 Å². The monoisotopic (exact) mass is 371 g/mol. The summed E-state index contributed by atoms with van der Waals surface area (Å²) < 4.78 is 10.5. The number of piperazine rings is 1. The second-order valence-corrected chi connectivity index (χ2v) is 6.66. The summed E-state index contributed by atoms with van der Waals surface area (Å²) in [5.74, 6) is -0.796. The molecule has 0 saturated carbocycles. The largest absolute Gasteiger partial charge is 0.462 e. The molecule has 0 bridgehead atoms. The van der Waals surface area contributed by atoms with E-state index in [1.54, 1.807) is 31.3 Å². The maximum atomic E-state index is 12.5. The fourth-order valence-electron chi connectivity index (χ4n) is 3.18. The van der Waals surface area contributed by atoms with Crippen LogP contribution in [0.25, 0.3) is 10.9 Å². The van der Waals surface area contributed by atoms with Crippen molar-refractivity contribution in [2.75, 3.05) is 37.7 Å². The minimum Gasteiger partial charge on any atom is -0.462 e. The maximum absolute atomic E-state index is 12.5. The van der Waals surface area contributed by atoms with Crippen LogP contribution in [0.1, 0.15) is 41.5 Å². The van der Waals surface area contributed by atoms with E-state index in [1.165, 1.54) is 0 Å². The van der Waals surface area contributed by atoms with E-state index in [4.69, 9.17) is 9.47 Å². The van der Waals surface area contributed by atoms with Crippen LogP contribution in [0.5, 0.6) is 0 Å². The van der Waals surface area contributed by atoms with E-state index < -0.39 is 5.97 Å². The first-order chi connectivity index (χ1) is 13.0. The zero-order valence-corrected chi connectivity index (χ0v) is 15.9. The van der Waals surface area contributed by atoms with E-state index in [9.17, 15) is 9.59 Å². The zero-order valence-electron chi connectivity index (χ0n) is 15.9. The average molecular weight is 371 g/mol. The summed E-state index contributed by atoms with van der Waals surface area (Å²) in [5.41, 5.74) is 2.34. The summed E-state index contributed by atoms with van der Waals surface area (Å²) >= 11 is 0. The normalized spacial score (nSPS) is 14.4. The standard InChI is InChI=1S/C20H25N3O4/c1-4-26-20(25)16-12-22-17-6-5-14(19(24)27-13(2)3)11-15(17)18(16)23-9-7-21-8-10-23/h5-6,11-13,21H,4,7-10H2,1-3H3. The molecule has 144 valence electrons. The van der Waals surface area contributed by atoms with Crippen LogP contribution in [0, 0.1) is 0 Å². The van der Waals surface area contributed by atoms with Crippen LogP contribution in [0.3, 0.4) is 0 Å². The van der Waals surface area contributed by atoms with E-state index in [0.29, 0.717) is 17.7 Å². The number of benzene rings is 1. The Morgan fingerprint density at radius 3 is 2.63 bits per heavy atom. The number of nitrogens with one attached hydrogen (secondary N) is 1. The SMILES string of the molecule is CCOC(=O)c1cnc2ccc(C(=O)OC(C)C)cc2c1N1CCNCC1. The van der Waals surface area contributed by atoms with Crippen LogP contribution in [-0.2, 0) is 9.47 Å². The Morgan fingerprint density at radius 1 is 1.22 bits per heavy atom. The third kappa shape index (κ3) is 4.19. The molecule has 1 fully saturated rings. The molecule has 1 aliphatic rings. The van der Waals surface area contributed by atoms with Crippen molar-refractivity contribution in [3.63, 3.8) is 0 Å². The van der Waals surface area contributed by atoms with Crippen molar-refractivity contribution in [2.24, 2.45) is 0 Å². The number of esters is 2. The summed E-state index contributed by atoms with van der Waals surface area (Å²) in [4.78, 5) is 31.4. The molecule has 1 saturated heterocycles. The predicted octanol–water partition coefficient (Wildman–Crippen LogP) is 2.39. The quantitative estimate of drug-likeness (QED) is 0.808. The lowest BCUT2D eigenvalue weighted by molar-refractivity contribution is 0.0377. The van der Waals surface area contributed by atoms with Crippen molar-refractivity contribution in [3.05, 3.63) is 35.5 Å². The van der Waals surface area contributed by atoms with Gasteiger partial charge in [-0.15, -0.1) is 0 Å². The topological polar surface area (TPSA) is 80.8 Å². The third-order valence-corrected chi connectivity index (χ3v) is 4.35. The molecule has 2 heterocycles. The highest BCUT2D eigenvalue weighted by atomic mass is 16.5. The molecular formula is C20H25N3O4. The molecule has 1 aromatic carbocycles. The Hall–Kier alpha value is -2.67. The van der Waals surface area contributed by atoms with Gasteiger partial charge in [-0.05, 0) is 39.0 Å². The van der Waals surface area contributed by atoms with Gasteiger partial charge in [-0.1, -0.05) is 0 Å². The van der Waals surface area contributed by atoms with Gasteiger partial charge in [0.05, 0.1) is 29.5 Å². The second kappa shape index (κ2) is 8.35. The lowest BCUT2D eigenvalue weighted by Gasteiger charge is -2.31. The molecule has 1 N–H and O–H groups in total. The van der Waals surface area contributed by atoms with Crippen molar-refractivity contribution in [1.82, 2.24) is 10.3 Å². The van der Waals surface area contributed by atoms with Crippen LogP contribution in [0.15, 0.2) is 24.4 Å². The van der Waals surface area contributed by atoms with Gasteiger partial charge in [-0.25, -0.2) is 9.59 Å². The lowest BCUT2D eigenvalue weighted by Crippen LogP contribution is -2.44. The molecule has 1 aliphatic heterocycles. The summed E-state index contributed by atoms with van der Waals surface area (Å²) in [7, 11) is 0. The second-order valence-electron chi connectivity index (χ2n) is 6.66. The fraction of sp³-hybridized carbons (Fsp3) is 0.450. The fourth-order valence-corrected chi connectivity index (χ4v) is 3.18. The van der Waals surface area contributed by atoms with E-state index in [0.717, 1.165) is 42.8 Å². The molecule has 3 rings (SSSR count). The van der Waals surface area contributed by atoms with Crippen LogP contribution in [-0.4, -0.2) is 55.8 Å². The Kier molecular flexibility index (Phi) is 5.91. The Bertz CT molecular complexity index is 844. The number of carbonyl (C=O) groups excluding carboxylic acids is 2. The van der Waals surface area contributed by atoms with Crippen LogP contribution in [0.4, 0.5) is 5.69 Å². The van der Waals surface area contributed by atoms with Crippen molar-refractivity contribution < 1.29 is 19.1 Å². The Balaban J connectivity index is 2.14. The minimum atomic E-state index is -0.407. The van der Waals surface area contributed by atoms with Gasteiger partial charge < -0.3 is 19.7 Å². The molecule has 27 heavy (non-hydrogen) atoms. The number of nitrogens with zero attached hydrogens (tertiary/aromatic N) is 2. The molecule has 0 atom stereocenters. The highest BCUT2D eigenvalue weighted by molar-refractivity contribution is 6.07. The molecule has 2 aromatic rings. The van der Waals surface area contributed by atoms with Crippen molar-refractivity contribution >= 4 is 28.5 Å². The first-order valence-electron chi connectivity index (χ1n) is 9.27. The summed E-state index contributed by atoms with van der Waals surface area (Å²) in [6.07, 6.45) is 1.36. The maximum Gasteiger partial charge on any atom is 0.341 e. The van der Waals surface area contributed by atoms with Gasteiger partial charge in [0.15, 0.2) is 0 Å². The first kappa shape index (κ1) is 19.1. The lowest BCUT2D eigenvalue weighted by atomic mass is 10.0. The van der Waals surface area contributed by atoms with Gasteiger partial charge in [-0.3, -0.25) is 4.98 Å². The van der Waals surface area contributed by atoms with Gasteiger partial charge in [0.2, 0.25) is 0 Å². The molecule has 0 spiro atoms. The number of hydrogen-bond donors (Lipinski definition) is 1. The van der Waals surface area contributed by atoms with Gasteiger partial charge in [0.1, 0.15) is 5.56 Å². The number of hydrogen-bond acceptors (Lipinski definition) is 7. The van der Waals surface area contributed by atoms with E-state index in [2.05, 4.69) is 15.2 Å². The van der Waals surface area contributed by atoms with Crippen LogP contribution < -0.4 is 10.2 Å². The number of carbonyl (C=O) groups is 2. The van der Waals surface area contributed by atoms with Gasteiger partial charge in [0, 0.05) is 37.8 Å². The van der Waals surface area contributed by atoms with Crippen molar-refractivity contribution in [3.8, 4) is 0 Å². The number of rotatable bonds is 5. The van der Waals surface area contributed by atoms with Gasteiger partial charge in [0.25, 0.3) is 0 Å². The van der Waals surface area contributed by atoms with Gasteiger partial charge in [-0.2, -0.15) is 0 Å². The summed E-state index contributed by atoms with van der Waals surface area (Å²) in [6, 6.07) is 5.24. The molecular weight excluding hydrogens is 346 g/mol. The average Bonchev–Trinajstić information content (AvgIpc) is 2.67. The molecule has 7 nitrogen and oxygen atoms in total. The Labute approximate surface area is 158 Å². The molecule has 0 radical (unpaired) electrons. The molecule has 0 amide bonds. The molecule has 1 aromatic heterocycles. The third-order valence-electron chi connectivity index (χ3n) is 4.35. The van der Waals surface area contributed by atoms with E-state index in [-0.39, 0.29) is 12.1 Å². The predicted molar refractivity (Wildman–Crippen MR) is 103 cm³/mol. The van der Waals surface area contributed by atoms with Crippen molar-refractivity contribution in [1.29, 1.82) is 0 Å².